The summed E-state index contributed by atoms with van der Waals surface area (Å²) in [6.45, 7) is 6.25. The first kappa shape index (κ1) is 18.3. The number of fused-ring (bicyclic) bond motifs is 1. The van der Waals surface area contributed by atoms with Crippen LogP contribution < -0.4 is 10.1 Å². The molecule has 1 amide bonds. The minimum atomic E-state index is -0.0836. The van der Waals surface area contributed by atoms with E-state index in [0.29, 0.717) is 17.2 Å². The lowest BCUT2D eigenvalue weighted by molar-refractivity contribution is -0.113. The van der Waals surface area contributed by atoms with E-state index in [-0.39, 0.29) is 5.91 Å². The van der Waals surface area contributed by atoms with Crippen molar-refractivity contribution in [2.24, 2.45) is 0 Å². The maximum Gasteiger partial charge on any atom is 0.234 e. The fourth-order valence-electron chi connectivity index (χ4n) is 2.96. The van der Waals surface area contributed by atoms with Gasteiger partial charge in [0, 0.05) is 5.39 Å². The van der Waals surface area contributed by atoms with Crippen LogP contribution in [0.5, 0.6) is 5.75 Å². The highest BCUT2D eigenvalue weighted by atomic mass is 32.2. The predicted molar refractivity (Wildman–Crippen MR) is 108 cm³/mol. The Morgan fingerprint density at radius 3 is 2.65 bits per heavy atom. The fourth-order valence-corrected chi connectivity index (χ4v) is 3.73. The van der Waals surface area contributed by atoms with Crippen molar-refractivity contribution in [2.45, 2.75) is 25.8 Å². The number of rotatable bonds is 5. The van der Waals surface area contributed by atoms with Crippen LogP contribution in [0.3, 0.4) is 0 Å². The van der Waals surface area contributed by atoms with E-state index in [2.05, 4.69) is 38.2 Å². The van der Waals surface area contributed by atoms with Crippen molar-refractivity contribution in [3.63, 3.8) is 0 Å². The van der Waals surface area contributed by atoms with Crippen LogP contribution in [0.1, 0.15) is 16.7 Å². The fraction of sp³-hybridized carbons (Fsp3) is 0.238. The van der Waals surface area contributed by atoms with E-state index < -0.39 is 0 Å². The Hall–Kier alpha value is -2.53. The van der Waals surface area contributed by atoms with Gasteiger partial charge in [-0.1, -0.05) is 35.5 Å². The summed E-state index contributed by atoms with van der Waals surface area (Å²) < 4.78 is 5.26. The minimum Gasteiger partial charge on any atom is -0.495 e. The van der Waals surface area contributed by atoms with Crippen LogP contribution in [-0.4, -0.2) is 23.8 Å². The number of methoxy groups -OCH3 is 1. The van der Waals surface area contributed by atoms with Gasteiger partial charge in [0.25, 0.3) is 0 Å². The third-order valence-corrected chi connectivity index (χ3v) is 5.08. The van der Waals surface area contributed by atoms with Crippen molar-refractivity contribution in [1.29, 1.82) is 0 Å². The predicted octanol–water partition coefficient (Wildman–Crippen LogP) is 4.90. The summed E-state index contributed by atoms with van der Waals surface area (Å²) >= 11 is 1.44. The Bertz CT molecular complexity index is 970. The molecule has 0 bridgehead atoms. The number of carbonyl (C=O) groups is 1. The van der Waals surface area contributed by atoms with Gasteiger partial charge in [0.2, 0.25) is 5.91 Å². The van der Waals surface area contributed by atoms with Crippen molar-refractivity contribution >= 4 is 34.3 Å². The second kappa shape index (κ2) is 7.79. The van der Waals surface area contributed by atoms with Crippen LogP contribution in [0.2, 0.25) is 0 Å². The van der Waals surface area contributed by atoms with E-state index in [1.165, 1.54) is 28.3 Å². The molecule has 0 aliphatic heterocycles. The van der Waals surface area contributed by atoms with Gasteiger partial charge in [0.05, 0.1) is 29.1 Å². The molecule has 0 fully saturated rings. The van der Waals surface area contributed by atoms with Crippen LogP contribution in [-0.2, 0) is 4.79 Å². The topological polar surface area (TPSA) is 51.2 Å². The number of pyridine rings is 1. The molecule has 0 aliphatic rings. The molecular formula is C21H22N2O2S. The average molecular weight is 366 g/mol. The van der Waals surface area contributed by atoms with Crippen molar-refractivity contribution in [2.75, 3.05) is 18.2 Å². The number of nitrogens with one attached hydrogen (secondary N) is 1. The zero-order chi connectivity index (χ0) is 18.7. The number of ether oxygens (including phenoxy) is 1. The van der Waals surface area contributed by atoms with E-state index in [1.54, 1.807) is 7.11 Å². The number of carbonyl (C=O) groups excluding carboxylic acids is 1. The lowest BCUT2D eigenvalue weighted by atomic mass is 10.0. The normalized spacial score (nSPS) is 10.8. The summed E-state index contributed by atoms with van der Waals surface area (Å²) in [4.78, 5) is 17.0. The monoisotopic (exact) mass is 366 g/mol. The van der Waals surface area contributed by atoms with Crippen LogP contribution in [0, 0.1) is 20.8 Å². The Kier molecular flexibility index (Phi) is 5.47. The maximum absolute atomic E-state index is 12.3. The van der Waals surface area contributed by atoms with E-state index in [0.717, 1.165) is 16.1 Å². The Labute approximate surface area is 158 Å². The highest BCUT2D eigenvalue weighted by molar-refractivity contribution is 7.99. The molecule has 134 valence electrons. The Morgan fingerprint density at radius 2 is 1.88 bits per heavy atom. The Balaban J connectivity index is 1.74. The van der Waals surface area contributed by atoms with Gasteiger partial charge in [-0.3, -0.25) is 4.79 Å². The number of aromatic nitrogens is 1. The summed E-state index contributed by atoms with van der Waals surface area (Å²) in [6.07, 6.45) is 0. The molecule has 4 nitrogen and oxygen atoms in total. The highest BCUT2D eigenvalue weighted by Crippen LogP contribution is 2.27. The molecule has 1 N–H and O–H groups in total. The largest absolute Gasteiger partial charge is 0.495 e. The molecule has 0 unspecified atom stereocenters. The third-order valence-electron chi connectivity index (χ3n) is 4.16. The molecule has 3 aromatic rings. The molecule has 0 aliphatic carbocycles. The minimum absolute atomic E-state index is 0.0836. The number of anilines is 1. The second-order valence-corrected chi connectivity index (χ2v) is 7.29. The van der Waals surface area contributed by atoms with E-state index in [1.807, 2.05) is 30.3 Å². The molecule has 3 rings (SSSR count). The maximum atomic E-state index is 12.3. The molecule has 0 saturated heterocycles. The van der Waals surface area contributed by atoms with Gasteiger partial charge in [-0.05, 0) is 56.2 Å². The van der Waals surface area contributed by atoms with Gasteiger partial charge in [-0.25, -0.2) is 4.98 Å². The number of aryl methyl sites for hydroxylation is 3. The number of nitrogens with zero attached hydrogens (tertiary/aromatic N) is 1. The van der Waals surface area contributed by atoms with E-state index in [9.17, 15) is 4.79 Å². The second-order valence-electron chi connectivity index (χ2n) is 6.29. The zero-order valence-corrected chi connectivity index (χ0v) is 16.2. The SMILES string of the molecule is COc1ccccc1NC(=O)CSc1cc(C)c2cc(C)cc(C)c2n1. The van der Waals surface area contributed by atoms with Crippen LogP contribution >= 0.6 is 11.8 Å². The van der Waals surface area contributed by atoms with Crippen molar-refractivity contribution in [3.05, 3.63) is 59.2 Å². The zero-order valence-electron chi connectivity index (χ0n) is 15.4. The lowest BCUT2D eigenvalue weighted by Crippen LogP contribution is -2.14. The van der Waals surface area contributed by atoms with Gasteiger partial charge < -0.3 is 10.1 Å². The van der Waals surface area contributed by atoms with Crippen molar-refractivity contribution in [1.82, 2.24) is 4.98 Å². The third kappa shape index (κ3) is 3.99. The van der Waals surface area contributed by atoms with Gasteiger partial charge in [-0.2, -0.15) is 0 Å². The molecular weight excluding hydrogens is 344 g/mol. The van der Waals surface area contributed by atoms with Crippen molar-refractivity contribution < 1.29 is 9.53 Å². The summed E-state index contributed by atoms with van der Waals surface area (Å²) in [7, 11) is 1.59. The van der Waals surface area contributed by atoms with Gasteiger partial charge in [0.15, 0.2) is 0 Å². The van der Waals surface area contributed by atoms with Gasteiger partial charge in [0.1, 0.15) is 5.75 Å². The molecule has 0 saturated carbocycles. The number of amides is 1. The standard InChI is InChI=1S/C21H22N2O2S/c1-13-9-15(3)21-16(10-13)14(2)11-20(23-21)26-12-19(24)22-17-7-5-6-8-18(17)25-4/h5-11H,12H2,1-4H3,(H,22,24). The van der Waals surface area contributed by atoms with Gasteiger partial charge in [-0.15, -0.1) is 0 Å². The summed E-state index contributed by atoms with van der Waals surface area (Å²) in [5.41, 5.74) is 5.24. The number of benzene rings is 2. The van der Waals surface area contributed by atoms with Crippen molar-refractivity contribution in [3.8, 4) is 5.75 Å². The summed E-state index contributed by atoms with van der Waals surface area (Å²) in [5, 5.41) is 4.92. The highest BCUT2D eigenvalue weighted by Gasteiger charge is 2.10. The number of thioether (sulfide) groups is 1. The smallest absolute Gasteiger partial charge is 0.234 e. The van der Waals surface area contributed by atoms with E-state index in [4.69, 9.17) is 9.72 Å². The van der Waals surface area contributed by atoms with Gasteiger partial charge >= 0.3 is 0 Å². The quantitative estimate of drug-likeness (QED) is 0.653. The van der Waals surface area contributed by atoms with E-state index >= 15 is 0 Å². The first-order valence-corrected chi connectivity index (χ1v) is 9.41. The summed E-state index contributed by atoms with van der Waals surface area (Å²) in [6, 6.07) is 13.7. The molecule has 0 radical (unpaired) electrons. The first-order chi connectivity index (χ1) is 12.5. The Morgan fingerprint density at radius 1 is 1.12 bits per heavy atom. The first-order valence-electron chi connectivity index (χ1n) is 8.42. The molecule has 0 atom stereocenters. The van der Waals surface area contributed by atoms with Crippen LogP contribution in [0.15, 0.2) is 47.5 Å². The molecule has 26 heavy (non-hydrogen) atoms. The number of hydrogen-bond acceptors (Lipinski definition) is 4. The number of para-hydroxylation sites is 2. The average Bonchev–Trinajstić information content (AvgIpc) is 2.61. The van der Waals surface area contributed by atoms with Crippen LogP contribution in [0.25, 0.3) is 10.9 Å². The molecule has 1 aromatic heterocycles. The lowest BCUT2D eigenvalue weighted by Gasteiger charge is -2.11. The molecule has 0 spiro atoms. The number of hydrogen-bond donors (Lipinski definition) is 1. The molecule has 5 heteroatoms. The molecule has 1 heterocycles. The summed E-state index contributed by atoms with van der Waals surface area (Å²) in [5.74, 6) is 0.858. The molecule has 2 aromatic carbocycles. The van der Waals surface area contributed by atoms with Crippen LogP contribution in [0.4, 0.5) is 5.69 Å².